The van der Waals surface area contributed by atoms with E-state index in [4.69, 9.17) is 0 Å². The first-order chi connectivity index (χ1) is 7.12. The average Bonchev–Trinajstić information content (AvgIpc) is 2.01. The molecular formula is C7H14BrClF6N2. The van der Waals surface area contributed by atoms with Crippen LogP contribution in [-0.4, -0.2) is 31.3 Å². The fraction of sp³-hybridized carbons (Fsp3) is 1.00. The maximum absolute atomic E-state index is 11.3. The van der Waals surface area contributed by atoms with Gasteiger partial charge in [0.2, 0.25) is 0 Å². The summed E-state index contributed by atoms with van der Waals surface area (Å²) >= 11 is 2.67. The third-order valence-electron chi connectivity index (χ3n) is 1.09. The first kappa shape index (κ1) is 22.5. The average molecular weight is 356 g/mol. The van der Waals surface area contributed by atoms with Gasteiger partial charge in [-0.25, -0.2) is 0 Å². The predicted molar refractivity (Wildman–Crippen MR) is 59.4 cm³/mol. The molecule has 0 aromatic carbocycles. The normalized spacial score (nSPS) is 11.3. The Morgan fingerprint density at radius 3 is 1.53 bits per heavy atom. The van der Waals surface area contributed by atoms with Crippen LogP contribution in [0.3, 0.4) is 0 Å². The number of nitrogens with one attached hydrogen (secondary N) is 2. The second-order valence-electron chi connectivity index (χ2n) is 2.60. The van der Waals surface area contributed by atoms with Crippen LogP contribution in [0.4, 0.5) is 26.3 Å². The van der Waals surface area contributed by atoms with Crippen LogP contribution in [0.5, 0.6) is 0 Å². The summed E-state index contributed by atoms with van der Waals surface area (Å²) in [5.41, 5.74) is 4.73. The molecule has 0 amide bonds. The molecule has 2 N–H and O–H groups in total. The minimum atomic E-state index is -4.05. The maximum atomic E-state index is 11.3. The summed E-state index contributed by atoms with van der Waals surface area (Å²) in [7, 11) is 1.52. The fourth-order valence-corrected chi connectivity index (χ4v) is 0.886. The molecule has 10 heteroatoms. The number of hydrazine groups is 1. The Bertz CT molecular complexity index is 163. The first-order valence-corrected chi connectivity index (χ1v) is 5.33. The van der Waals surface area contributed by atoms with E-state index in [0.29, 0.717) is 0 Å². The molecule has 0 spiro atoms. The molecular weight excluding hydrogens is 341 g/mol. The zero-order chi connectivity index (χ0) is 13.2. The van der Waals surface area contributed by atoms with E-state index in [9.17, 15) is 26.3 Å². The molecule has 0 aliphatic rings. The van der Waals surface area contributed by atoms with Gasteiger partial charge in [0.05, 0.1) is 12.8 Å². The Hall–Kier alpha value is 0.270. The van der Waals surface area contributed by atoms with Crippen LogP contribution >= 0.6 is 28.3 Å². The largest absolute Gasteiger partial charge is 0.390 e. The van der Waals surface area contributed by atoms with Crippen molar-refractivity contribution in [3.8, 4) is 0 Å². The molecule has 0 saturated carbocycles. The topological polar surface area (TPSA) is 24.1 Å². The van der Waals surface area contributed by atoms with Crippen molar-refractivity contribution in [2.75, 3.05) is 18.9 Å². The highest BCUT2D eigenvalue weighted by Crippen LogP contribution is 2.19. The second kappa shape index (κ2) is 11.4. The highest BCUT2D eigenvalue weighted by Gasteiger charge is 2.26. The van der Waals surface area contributed by atoms with Gasteiger partial charge in [-0.2, -0.15) is 26.3 Å². The molecule has 0 rings (SSSR count). The van der Waals surface area contributed by atoms with Crippen molar-refractivity contribution in [3.05, 3.63) is 0 Å². The Morgan fingerprint density at radius 1 is 0.941 bits per heavy atom. The van der Waals surface area contributed by atoms with Gasteiger partial charge in [0.15, 0.2) is 0 Å². The van der Waals surface area contributed by atoms with Crippen LogP contribution in [0.2, 0.25) is 0 Å². The van der Waals surface area contributed by atoms with Crippen molar-refractivity contribution in [2.24, 2.45) is 0 Å². The summed E-state index contributed by atoms with van der Waals surface area (Å²) in [6.07, 6.45) is -9.59. The summed E-state index contributed by atoms with van der Waals surface area (Å²) < 4.78 is 67.0. The van der Waals surface area contributed by atoms with Gasteiger partial charge in [-0.3, -0.25) is 10.9 Å². The molecule has 2 nitrogen and oxygen atoms in total. The van der Waals surface area contributed by atoms with Crippen molar-refractivity contribution in [1.82, 2.24) is 10.9 Å². The van der Waals surface area contributed by atoms with Crippen LogP contribution in [0, 0.1) is 0 Å². The van der Waals surface area contributed by atoms with Gasteiger partial charge in [-0.1, -0.05) is 15.9 Å². The van der Waals surface area contributed by atoms with Gasteiger partial charge in [-0.15, -0.1) is 12.4 Å². The molecule has 0 radical (unpaired) electrons. The summed E-state index contributed by atoms with van der Waals surface area (Å²) in [5.74, 6) is 0. The number of hydrogen-bond donors (Lipinski definition) is 2. The quantitative estimate of drug-likeness (QED) is 0.349. The molecule has 0 aromatic heterocycles. The summed E-state index contributed by atoms with van der Waals surface area (Å²) in [4.78, 5) is 0. The smallest absolute Gasteiger partial charge is 0.261 e. The molecule has 0 aliphatic carbocycles. The van der Waals surface area contributed by atoms with E-state index >= 15 is 0 Å². The third kappa shape index (κ3) is 31.4. The molecule has 0 fully saturated rings. The van der Waals surface area contributed by atoms with Gasteiger partial charge in [0, 0.05) is 11.9 Å². The van der Waals surface area contributed by atoms with Crippen LogP contribution in [0.25, 0.3) is 0 Å². The molecule has 108 valence electrons. The van der Waals surface area contributed by atoms with E-state index in [2.05, 4.69) is 26.8 Å². The molecule has 0 heterocycles. The molecule has 0 atom stereocenters. The van der Waals surface area contributed by atoms with E-state index in [1.807, 2.05) is 0 Å². The van der Waals surface area contributed by atoms with Crippen molar-refractivity contribution in [1.29, 1.82) is 0 Å². The number of alkyl halides is 7. The van der Waals surface area contributed by atoms with E-state index in [1.165, 1.54) is 7.05 Å². The lowest BCUT2D eigenvalue weighted by molar-refractivity contribution is -0.133. The van der Waals surface area contributed by atoms with E-state index in [0.717, 1.165) is 0 Å². The predicted octanol–water partition coefficient (Wildman–Crippen LogP) is 3.42. The highest BCUT2D eigenvalue weighted by molar-refractivity contribution is 9.09. The minimum Gasteiger partial charge on any atom is -0.261 e. The lowest BCUT2D eigenvalue weighted by Crippen LogP contribution is -2.31. The van der Waals surface area contributed by atoms with Gasteiger partial charge in [-0.05, 0) is 7.05 Å². The van der Waals surface area contributed by atoms with Gasteiger partial charge in [0.1, 0.15) is 0 Å². The molecule has 0 aromatic rings. The monoisotopic (exact) mass is 354 g/mol. The van der Waals surface area contributed by atoms with Crippen LogP contribution in [0.15, 0.2) is 0 Å². The SMILES string of the molecule is CNNCCC(F)(F)F.Cl.FC(F)(F)CCBr. The minimum absolute atomic E-state index is 0. The van der Waals surface area contributed by atoms with Crippen molar-refractivity contribution in [3.63, 3.8) is 0 Å². The standard InChI is InChI=1S/C4H9F3N2.C3H4BrF3.ClH/c1-8-9-3-2-4(5,6)7;4-2-1-3(5,6)7;/h8-9H,2-3H2,1H3;1-2H2;1H. The summed E-state index contributed by atoms with van der Waals surface area (Å²) in [6.45, 7) is -0.0833. The fourth-order valence-electron chi connectivity index (χ4n) is 0.436. The number of halogens is 8. The van der Waals surface area contributed by atoms with Gasteiger partial charge >= 0.3 is 12.4 Å². The lowest BCUT2D eigenvalue weighted by atomic mass is 10.4. The molecule has 17 heavy (non-hydrogen) atoms. The highest BCUT2D eigenvalue weighted by atomic mass is 79.9. The van der Waals surface area contributed by atoms with Gasteiger partial charge < -0.3 is 0 Å². The Kier molecular flexibility index (Phi) is 15.0. The summed E-state index contributed by atoms with van der Waals surface area (Å²) in [6, 6.07) is 0. The first-order valence-electron chi connectivity index (χ1n) is 4.21. The van der Waals surface area contributed by atoms with Crippen molar-refractivity contribution in [2.45, 2.75) is 25.2 Å². The third-order valence-corrected chi connectivity index (χ3v) is 1.48. The number of hydrogen-bond acceptors (Lipinski definition) is 2. The molecule has 0 unspecified atom stereocenters. The molecule has 0 bridgehead atoms. The number of rotatable bonds is 4. The Morgan fingerprint density at radius 2 is 1.35 bits per heavy atom. The Balaban J connectivity index is -0.000000224. The zero-order valence-corrected chi connectivity index (χ0v) is 11.3. The van der Waals surface area contributed by atoms with Crippen LogP contribution in [0.1, 0.15) is 12.8 Å². The van der Waals surface area contributed by atoms with Gasteiger partial charge in [0.25, 0.3) is 0 Å². The lowest BCUT2D eigenvalue weighted by Gasteiger charge is -2.05. The van der Waals surface area contributed by atoms with E-state index in [1.54, 1.807) is 0 Å². The van der Waals surface area contributed by atoms with Crippen LogP contribution in [-0.2, 0) is 0 Å². The maximum Gasteiger partial charge on any atom is 0.390 e. The van der Waals surface area contributed by atoms with E-state index < -0.39 is 25.2 Å². The molecule has 0 aliphatic heterocycles. The second-order valence-corrected chi connectivity index (χ2v) is 3.39. The summed E-state index contributed by atoms with van der Waals surface area (Å²) in [5, 5.41) is -0.00347. The van der Waals surface area contributed by atoms with Crippen LogP contribution < -0.4 is 10.9 Å². The zero-order valence-electron chi connectivity index (χ0n) is 8.88. The molecule has 0 saturated heterocycles. The van der Waals surface area contributed by atoms with Crippen molar-refractivity contribution >= 4 is 28.3 Å². The Labute approximate surface area is 110 Å². The van der Waals surface area contributed by atoms with Crippen molar-refractivity contribution < 1.29 is 26.3 Å². The van der Waals surface area contributed by atoms with E-state index in [-0.39, 0.29) is 24.3 Å².